The van der Waals surface area contributed by atoms with Crippen LogP contribution in [0.1, 0.15) is 34.1 Å². The van der Waals surface area contributed by atoms with Crippen molar-refractivity contribution in [3.05, 3.63) is 56.9 Å². The zero-order valence-electron chi connectivity index (χ0n) is 12.8. The highest BCUT2D eigenvalue weighted by atomic mass is 16.6. The van der Waals surface area contributed by atoms with Gasteiger partial charge in [0, 0.05) is 42.0 Å². The Hall–Kier alpha value is -2.70. The summed E-state index contributed by atoms with van der Waals surface area (Å²) in [7, 11) is 0. The summed E-state index contributed by atoms with van der Waals surface area (Å²) in [6.07, 6.45) is 1.88. The molecule has 0 saturated heterocycles. The van der Waals surface area contributed by atoms with Gasteiger partial charge in [-0.05, 0) is 26.8 Å². The molecule has 116 valence electrons. The maximum atomic E-state index is 12.2. The van der Waals surface area contributed by atoms with Crippen molar-refractivity contribution in [1.29, 1.82) is 0 Å². The van der Waals surface area contributed by atoms with Crippen LogP contribution in [0.3, 0.4) is 0 Å². The molecule has 7 heteroatoms. The fourth-order valence-corrected chi connectivity index (χ4v) is 2.23. The van der Waals surface area contributed by atoms with Crippen LogP contribution in [0.2, 0.25) is 0 Å². The molecular formula is C15H18N4O3. The fourth-order valence-electron chi connectivity index (χ4n) is 2.23. The van der Waals surface area contributed by atoms with Crippen molar-refractivity contribution in [3.63, 3.8) is 0 Å². The Morgan fingerprint density at radius 2 is 2.14 bits per heavy atom. The van der Waals surface area contributed by atoms with Gasteiger partial charge < -0.3 is 5.32 Å². The van der Waals surface area contributed by atoms with Gasteiger partial charge >= 0.3 is 0 Å². The molecule has 1 aromatic heterocycles. The number of nitrogens with one attached hydrogen (secondary N) is 1. The van der Waals surface area contributed by atoms with Gasteiger partial charge in [0.2, 0.25) is 0 Å². The number of rotatable bonds is 5. The Balaban J connectivity index is 2.14. The summed E-state index contributed by atoms with van der Waals surface area (Å²) in [5, 5.41) is 18.0. The van der Waals surface area contributed by atoms with Crippen molar-refractivity contribution in [2.45, 2.75) is 33.9 Å². The van der Waals surface area contributed by atoms with E-state index in [-0.39, 0.29) is 11.6 Å². The second-order valence-corrected chi connectivity index (χ2v) is 4.98. The topological polar surface area (TPSA) is 90.1 Å². The molecule has 1 N–H and O–H groups in total. The lowest BCUT2D eigenvalue weighted by Crippen LogP contribution is -2.24. The van der Waals surface area contributed by atoms with Gasteiger partial charge in [0.05, 0.1) is 10.6 Å². The highest BCUT2D eigenvalue weighted by Crippen LogP contribution is 2.21. The minimum atomic E-state index is -0.485. The van der Waals surface area contributed by atoms with E-state index < -0.39 is 4.92 Å². The average Bonchev–Trinajstić information content (AvgIpc) is 2.85. The van der Waals surface area contributed by atoms with Gasteiger partial charge in [-0.1, -0.05) is 6.07 Å². The van der Waals surface area contributed by atoms with Crippen LogP contribution in [0.5, 0.6) is 0 Å². The lowest BCUT2D eigenvalue weighted by Gasteiger charge is -2.07. The van der Waals surface area contributed by atoms with Gasteiger partial charge in [-0.25, -0.2) is 0 Å². The predicted molar refractivity (Wildman–Crippen MR) is 81.6 cm³/mol. The standard InChI is InChI=1S/C15H18N4O3/c1-4-18-9-12(11(3)17-18)8-16-15(20)13-6-5-7-14(10(13)2)19(21)22/h5-7,9H,4,8H2,1-3H3,(H,16,20). The summed E-state index contributed by atoms with van der Waals surface area (Å²) >= 11 is 0. The number of nitrogens with zero attached hydrogens (tertiary/aromatic N) is 3. The lowest BCUT2D eigenvalue weighted by atomic mass is 10.1. The van der Waals surface area contributed by atoms with Gasteiger partial charge in [0.25, 0.3) is 11.6 Å². The molecule has 0 saturated carbocycles. The molecule has 0 fully saturated rings. The molecule has 0 aliphatic carbocycles. The van der Waals surface area contributed by atoms with Crippen molar-refractivity contribution < 1.29 is 9.72 Å². The SMILES string of the molecule is CCn1cc(CNC(=O)c2cccc([N+](=O)[O-])c2C)c(C)n1. The number of benzene rings is 1. The third-order valence-corrected chi connectivity index (χ3v) is 3.56. The molecule has 0 bridgehead atoms. The van der Waals surface area contributed by atoms with Gasteiger partial charge in [-0.3, -0.25) is 19.6 Å². The summed E-state index contributed by atoms with van der Waals surface area (Å²) in [4.78, 5) is 22.7. The number of aromatic nitrogens is 2. The molecule has 1 heterocycles. The molecule has 2 aromatic rings. The number of aryl methyl sites for hydroxylation is 2. The minimum absolute atomic E-state index is 0.0531. The monoisotopic (exact) mass is 302 g/mol. The Bertz CT molecular complexity index is 722. The zero-order chi connectivity index (χ0) is 16.3. The lowest BCUT2D eigenvalue weighted by molar-refractivity contribution is -0.385. The van der Waals surface area contributed by atoms with E-state index in [1.807, 2.05) is 20.0 Å². The Morgan fingerprint density at radius 3 is 2.73 bits per heavy atom. The third-order valence-electron chi connectivity index (χ3n) is 3.56. The van der Waals surface area contributed by atoms with Crippen LogP contribution in [0.25, 0.3) is 0 Å². The van der Waals surface area contributed by atoms with Crippen LogP contribution < -0.4 is 5.32 Å². The van der Waals surface area contributed by atoms with Gasteiger partial charge in [-0.2, -0.15) is 5.10 Å². The number of carbonyl (C=O) groups excluding carboxylic acids is 1. The largest absolute Gasteiger partial charge is 0.348 e. The molecule has 1 aromatic carbocycles. The highest BCUT2D eigenvalue weighted by molar-refractivity contribution is 5.96. The van der Waals surface area contributed by atoms with Crippen LogP contribution in [0.4, 0.5) is 5.69 Å². The predicted octanol–water partition coefficient (Wildman–Crippen LogP) is 2.36. The zero-order valence-corrected chi connectivity index (χ0v) is 12.8. The summed E-state index contributed by atoms with van der Waals surface area (Å²) in [6.45, 7) is 6.55. The molecule has 0 spiro atoms. The molecule has 0 atom stereocenters. The van der Waals surface area contributed by atoms with Crippen molar-refractivity contribution >= 4 is 11.6 Å². The smallest absolute Gasteiger partial charge is 0.273 e. The van der Waals surface area contributed by atoms with Crippen molar-refractivity contribution in [2.75, 3.05) is 0 Å². The van der Waals surface area contributed by atoms with E-state index in [0.29, 0.717) is 17.7 Å². The second-order valence-electron chi connectivity index (χ2n) is 4.98. The quantitative estimate of drug-likeness (QED) is 0.678. The maximum Gasteiger partial charge on any atom is 0.273 e. The van der Waals surface area contributed by atoms with Gasteiger partial charge in [0.15, 0.2) is 0 Å². The van der Waals surface area contributed by atoms with Crippen LogP contribution in [-0.2, 0) is 13.1 Å². The first-order valence-electron chi connectivity index (χ1n) is 6.99. The molecule has 0 unspecified atom stereocenters. The number of hydrogen-bond acceptors (Lipinski definition) is 4. The first-order valence-corrected chi connectivity index (χ1v) is 6.99. The van der Waals surface area contributed by atoms with Gasteiger partial charge in [-0.15, -0.1) is 0 Å². The molecule has 0 radical (unpaired) electrons. The van der Waals surface area contributed by atoms with E-state index in [4.69, 9.17) is 0 Å². The average molecular weight is 302 g/mol. The number of nitro groups is 1. The first kappa shape index (κ1) is 15.7. The molecule has 0 aliphatic rings. The minimum Gasteiger partial charge on any atom is -0.348 e. The number of amides is 1. The van der Waals surface area contributed by atoms with Crippen molar-refractivity contribution in [1.82, 2.24) is 15.1 Å². The first-order chi connectivity index (χ1) is 10.4. The molecule has 2 rings (SSSR count). The Labute approximate surface area is 128 Å². The Morgan fingerprint density at radius 1 is 1.41 bits per heavy atom. The van der Waals surface area contributed by atoms with Crippen LogP contribution in [0.15, 0.2) is 24.4 Å². The van der Waals surface area contributed by atoms with E-state index in [1.54, 1.807) is 17.7 Å². The second kappa shape index (κ2) is 6.38. The number of nitro benzene ring substituents is 1. The molecule has 7 nitrogen and oxygen atoms in total. The summed E-state index contributed by atoms with van der Waals surface area (Å²) in [5.74, 6) is -0.329. The van der Waals surface area contributed by atoms with Crippen molar-refractivity contribution in [3.8, 4) is 0 Å². The summed E-state index contributed by atoms with van der Waals surface area (Å²) in [6, 6.07) is 4.49. The third kappa shape index (κ3) is 3.13. The van der Waals surface area contributed by atoms with Crippen LogP contribution in [0, 0.1) is 24.0 Å². The maximum absolute atomic E-state index is 12.2. The molecule has 0 aliphatic heterocycles. The number of carbonyl (C=O) groups is 1. The van der Waals surface area contributed by atoms with E-state index in [2.05, 4.69) is 10.4 Å². The van der Waals surface area contributed by atoms with E-state index in [0.717, 1.165) is 17.8 Å². The van der Waals surface area contributed by atoms with Crippen LogP contribution >= 0.6 is 0 Å². The molecule has 1 amide bonds. The fraction of sp³-hybridized carbons (Fsp3) is 0.333. The van der Waals surface area contributed by atoms with Gasteiger partial charge in [0.1, 0.15) is 0 Å². The van der Waals surface area contributed by atoms with Crippen molar-refractivity contribution in [2.24, 2.45) is 0 Å². The normalized spacial score (nSPS) is 10.5. The Kier molecular flexibility index (Phi) is 4.55. The molecule has 22 heavy (non-hydrogen) atoms. The summed E-state index contributed by atoms with van der Waals surface area (Å²) in [5.41, 5.74) is 2.42. The highest BCUT2D eigenvalue weighted by Gasteiger charge is 2.18. The summed E-state index contributed by atoms with van der Waals surface area (Å²) < 4.78 is 1.80. The number of hydrogen-bond donors (Lipinski definition) is 1. The van der Waals surface area contributed by atoms with E-state index in [1.165, 1.54) is 12.1 Å². The van der Waals surface area contributed by atoms with E-state index >= 15 is 0 Å². The molecular weight excluding hydrogens is 284 g/mol. The van der Waals surface area contributed by atoms with Crippen LogP contribution in [-0.4, -0.2) is 20.6 Å². The van der Waals surface area contributed by atoms with E-state index in [9.17, 15) is 14.9 Å².